The van der Waals surface area contributed by atoms with Crippen LogP contribution in [0.1, 0.15) is 26.2 Å². The zero-order valence-corrected chi connectivity index (χ0v) is 8.49. The molecule has 0 spiro atoms. The van der Waals surface area contributed by atoms with Crippen LogP contribution in [0.15, 0.2) is 0 Å². The summed E-state index contributed by atoms with van der Waals surface area (Å²) in [4.78, 5) is 13.8. The van der Waals surface area contributed by atoms with Gasteiger partial charge >= 0.3 is 0 Å². The molecule has 1 saturated carbocycles. The minimum atomic E-state index is 0.205. The number of ketones is 1. The summed E-state index contributed by atoms with van der Waals surface area (Å²) in [7, 11) is 2.06. The smallest absolute Gasteiger partial charge is 0.151 e. The number of likely N-dealkylation sites (N-methyl/N-ethyl adjacent to an activating group) is 1. The Kier molecular flexibility index (Phi) is 1.96. The van der Waals surface area contributed by atoms with E-state index in [4.69, 9.17) is 0 Å². The van der Waals surface area contributed by atoms with Gasteiger partial charge in [-0.3, -0.25) is 9.69 Å². The number of fused-ring (bicyclic) bond motifs is 1. The number of nitrogens with zero attached hydrogens (tertiary/aromatic N) is 1. The highest BCUT2D eigenvalue weighted by atomic mass is 32.2. The number of hydrogen-bond acceptors (Lipinski definition) is 3. The number of Topliss-reactive ketones (excluding diaryl/α,β-unsaturated/α-hetero) is 1. The molecular formula is C9H15NOS. The molecule has 1 aliphatic carbocycles. The molecule has 0 N–H and O–H groups in total. The molecule has 1 saturated heterocycles. The number of rotatable bonds is 0. The molecule has 2 unspecified atom stereocenters. The summed E-state index contributed by atoms with van der Waals surface area (Å²) >= 11 is 1.95. The highest BCUT2D eigenvalue weighted by Gasteiger charge is 2.48. The molecule has 2 nitrogen and oxygen atoms in total. The standard InChI is InChI=1S/C9H15NOS/c1-9-5-3-4-7(11)8(9)10(2)6-12-9/h8H,3-6H2,1-2H3. The average Bonchev–Trinajstić information content (AvgIpc) is 2.29. The van der Waals surface area contributed by atoms with Crippen LogP contribution in [0.4, 0.5) is 0 Å². The monoisotopic (exact) mass is 185 g/mol. The highest BCUT2D eigenvalue weighted by molar-refractivity contribution is 8.00. The molecule has 2 fully saturated rings. The maximum absolute atomic E-state index is 11.6. The molecule has 2 atom stereocenters. The fourth-order valence-corrected chi connectivity index (χ4v) is 3.82. The number of thioether (sulfide) groups is 1. The van der Waals surface area contributed by atoms with Crippen LogP contribution in [0.5, 0.6) is 0 Å². The van der Waals surface area contributed by atoms with E-state index < -0.39 is 0 Å². The molecule has 68 valence electrons. The summed E-state index contributed by atoms with van der Waals surface area (Å²) in [6.07, 6.45) is 3.09. The largest absolute Gasteiger partial charge is 0.298 e. The summed E-state index contributed by atoms with van der Waals surface area (Å²) in [5.74, 6) is 1.48. The summed E-state index contributed by atoms with van der Waals surface area (Å²) in [6, 6.07) is 0.205. The Bertz CT molecular complexity index is 215. The van der Waals surface area contributed by atoms with Gasteiger partial charge < -0.3 is 0 Å². The first kappa shape index (κ1) is 8.57. The van der Waals surface area contributed by atoms with Crippen molar-refractivity contribution in [2.45, 2.75) is 37.0 Å². The van der Waals surface area contributed by atoms with Gasteiger partial charge in [-0.15, -0.1) is 11.8 Å². The molecular weight excluding hydrogens is 170 g/mol. The van der Waals surface area contributed by atoms with Crippen molar-refractivity contribution in [1.82, 2.24) is 4.90 Å². The fourth-order valence-electron chi connectivity index (χ4n) is 2.41. The zero-order valence-electron chi connectivity index (χ0n) is 7.67. The molecule has 0 aromatic heterocycles. The van der Waals surface area contributed by atoms with Gasteiger partial charge in [-0.2, -0.15) is 0 Å². The zero-order chi connectivity index (χ0) is 8.77. The van der Waals surface area contributed by atoms with E-state index in [-0.39, 0.29) is 10.8 Å². The van der Waals surface area contributed by atoms with Crippen LogP contribution >= 0.6 is 11.8 Å². The summed E-state index contributed by atoms with van der Waals surface area (Å²) < 4.78 is 0.226. The van der Waals surface area contributed by atoms with E-state index in [1.165, 1.54) is 6.42 Å². The van der Waals surface area contributed by atoms with Gasteiger partial charge in [-0.25, -0.2) is 0 Å². The third-order valence-corrected chi connectivity index (χ3v) is 4.64. The van der Waals surface area contributed by atoms with E-state index in [0.29, 0.717) is 5.78 Å². The molecule has 2 aliphatic rings. The third kappa shape index (κ3) is 1.11. The van der Waals surface area contributed by atoms with E-state index in [1.807, 2.05) is 11.8 Å². The van der Waals surface area contributed by atoms with Gasteiger partial charge in [0.05, 0.1) is 6.04 Å². The molecule has 12 heavy (non-hydrogen) atoms. The molecule has 0 radical (unpaired) electrons. The van der Waals surface area contributed by atoms with Crippen LogP contribution in [-0.2, 0) is 4.79 Å². The first-order chi connectivity index (χ1) is 5.63. The molecule has 2 rings (SSSR count). The molecule has 3 heteroatoms. The van der Waals surface area contributed by atoms with Gasteiger partial charge in [0.25, 0.3) is 0 Å². The Hall–Kier alpha value is -0.0200. The van der Waals surface area contributed by atoms with E-state index in [9.17, 15) is 4.79 Å². The minimum absolute atomic E-state index is 0.205. The first-order valence-electron chi connectivity index (χ1n) is 4.50. The topological polar surface area (TPSA) is 20.3 Å². The molecule has 0 aromatic carbocycles. The van der Waals surface area contributed by atoms with Gasteiger partial charge in [0.15, 0.2) is 5.78 Å². The van der Waals surface area contributed by atoms with Gasteiger partial charge in [-0.1, -0.05) is 0 Å². The van der Waals surface area contributed by atoms with Crippen LogP contribution < -0.4 is 0 Å². The Morgan fingerprint density at radius 3 is 3.08 bits per heavy atom. The quantitative estimate of drug-likeness (QED) is 0.570. The van der Waals surface area contributed by atoms with Crippen molar-refractivity contribution in [3.05, 3.63) is 0 Å². The van der Waals surface area contributed by atoms with Crippen molar-refractivity contribution in [1.29, 1.82) is 0 Å². The van der Waals surface area contributed by atoms with E-state index in [1.54, 1.807) is 0 Å². The first-order valence-corrected chi connectivity index (χ1v) is 5.49. The van der Waals surface area contributed by atoms with Gasteiger partial charge in [-0.05, 0) is 26.8 Å². The maximum atomic E-state index is 11.6. The summed E-state index contributed by atoms with van der Waals surface area (Å²) in [5.41, 5.74) is 0. The second kappa shape index (κ2) is 2.74. The minimum Gasteiger partial charge on any atom is -0.298 e. The predicted octanol–water partition coefficient (Wildman–Crippen LogP) is 1.50. The summed E-state index contributed by atoms with van der Waals surface area (Å²) in [5, 5.41) is 0. The Labute approximate surface area is 77.7 Å². The lowest BCUT2D eigenvalue weighted by molar-refractivity contribution is -0.125. The lowest BCUT2D eigenvalue weighted by Crippen LogP contribution is -2.48. The SMILES string of the molecule is CN1CSC2(C)CCCC(=O)C12. The number of carbonyl (C=O) groups excluding carboxylic acids is 1. The van der Waals surface area contributed by atoms with E-state index in [0.717, 1.165) is 18.7 Å². The van der Waals surface area contributed by atoms with Gasteiger partial charge in [0.2, 0.25) is 0 Å². The Morgan fingerprint density at radius 1 is 1.67 bits per heavy atom. The lowest BCUT2D eigenvalue weighted by atomic mass is 9.83. The fraction of sp³-hybridized carbons (Fsp3) is 0.889. The number of carbonyl (C=O) groups is 1. The van der Waals surface area contributed by atoms with Crippen molar-refractivity contribution >= 4 is 17.5 Å². The highest BCUT2D eigenvalue weighted by Crippen LogP contribution is 2.45. The molecule has 0 aromatic rings. The van der Waals surface area contributed by atoms with Crippen LogP contribution in [0.2, 0.25) is 0 Å². The van der Waals surface area contributed by atoms with E-state index in [2.05, 4.69) is 18.9 Å². The van der Waals surface area contributed by atoms with Crippen molar-refractivity contribution in [3.8, 4) is 0 Å². The molecule has 0 amide bonds. The van der Waals surface area contributed by atoms with Crippen LogP contribution in [0.25, 0.3) is 0 Å². The third-order valence-electron chi connectivity index (χ3n) is 3.02. The molecule has 1 aliphatic heterocycles. The van der Waals surface area contributed by atoms with Crippen LogP contribution in [-0.4, -0.2) is 34.4 Å². The Balaban J connectivity index is 2.26. The molecule has 0 bridgehead atoms. The summed E-state index contributed by atoms with van der Waals surface area (Å²) in [6.45, 7) is 2.24. The normalized spacial score (nSPS) is 43.2. The van der Waals surface area contributed by atoms with Crippen molar-refractivity contribution in [2.24, 2.45) is 0 Å². The van der Waals surface area contributed by atoms with Gasteiger partial charge in [0.1, 0.15) is 0 Å². The maximum Gasteiger partial charge on any atom is 0.151 e. The van der Waals surface area contributed by atoms with Crippen molar-refractivity contribution in [2.75, 3.05) is 12.9 Å². The Morgan fingerprint density at radius 2 is 2.42 bits per heavy atom. The second-order valence-corrected chi connectivity index (χ2v) is 5.55. The van der Waals surface area contributed by atoms with E-state index >= 15 is 0 Å². The van der Waals surface area contributed by atoms with Crippen molar-refractivity contribution < 1.29 is 4.79 Å². The van der Waals surface area contributed by atoms with Crippen LogP contribution in [0.3, 0.4) is 0 Å². The molecule has 1 heterocycles. The average molecular weight is 185 g/mol. The van der Waals surface area contributed by atoms with Gasteiger partial charge in [0, 0.05) is 17.0 Å². The van der Waals surface area contributed by atoms with Crippen molar-refractivity contribution in [3.63, 3.8) is 0 Å². The lowest BCUT2D eigenvalue weighted by Gasteiger charge is -2.35. The number of hydrogen-bond donors (Lipinski definition) is 0. The predicted molar refractivity (Wildman–Crippen MR) is 51.3 cm³/mol. The second-order valence-electron chi connectivity index (χ2n) is 4.07. The van der Waals surface area contributed by atoms with Crippen LogP contribution in [0, 0.1) is 0 Å².